The minimum Gasteiger partial charge on any atom is -0.493 e. The molecule has 43 heavy (non-hydrogen) atoms. The van der Waals surface area contributed by atoms with Crippen LogP contribution >= 0.6 is 0 Å². The zero-order valence-electron chi connectivity index (χ0n) is 23.1. The van der Waals surface area contributed by atoms with Crippen LogP contribution in [0.2, 0.25) is 0 Å². The fourth-order valence-corrected chi connectivity index (χ4v) is 3.95. The van der Waals surface area contributed by atoms with Crippen molar-refractivity contribution in [3.63, 3.8) is 0 Å². The van der Waals surface area contributed by atoms with E-state index in [1.807, 2.05) is 6.07 Å². The van der Waals surface area contributed by atoms with Crippen LogP contribution in [0.3, 0.4) is 0 Å². The Kier molecular flexibility index (Phi) is 11.7. The van der Waals surface area contributed by atoms with Crippen LogP contribution in [-0.4, -0.2) is 25.4 Å². The molecule has 0 bridgehead atoms. The first-order chi connectivity index (χ1) is 20.3. The van der Waals surface area contributed by atoms with Gasteiger partial charge in [-0.2, -0.15) is 22.0 Å². The highest BCUT2D eigenvalue weighted by molar-refractivity contribution is 5.87. The molecule has 0 radical (unpaired) electrons. The van der Waals surface area contributed by atoms with Crippen LogP contribution in [0, 0.1) is 5.82 Å². The lowest BCUT2D eigenvalue weighted by molar-refractivity contribution is -0.187. The molecule has 0 aliphatic rings. The summed E-state index contributed by atoms with van der Waals surface area (Å²) in [6.45, 7) is -0.115. The number of hydrogen-bond acceptors (Lipinski definition) is 6. The van der Waals surface area contributed by atoms with Crippen molar-refractivity contribution < 1.29 is 45.3 Å². The number of esters is 1. The standard InChI is InChI=1S/C31H32F6N2O4/c32-27-20-25(41-18-4-16-30(33,34)35)13-14-26(27)31(36,37)43-24-11-6-21(7-12-24)8-15-29(40)42-17-3-1-2-5-22-9-10-23(38)19-28(22)39/h6-15,19-20H,1-5,16-18,38-39H2/b15-8+. The molecule has 0 aromatic heterocycles. The third-order valence-corrected chi connectivity index (χ3v) is 6.17. The molecule has 0 heterocycles. The number of benzene rings is 3. The topological polar surface area (TPSA) is 96.8 Å². The smallest absolute Gasteiger partial charge is 0.429 e. The normalized spacial score (nSPS) is 12.0. The Bertz CT molecular complexity index is 1380. The Morgan fingerprint density at radius 1 is 0.814 bits per heavy atom. The molecule has 0 fully saturated rings. The van der Waals surface area contributed by atoms with Crippen LogP contribution in [0.25, 0.3) is 6.08 Å². The number of ether oxygens (including phenoxy) is 3. The van der Waals surface area contributed by atoms with Crippen molar-refractivity contribution in [1.29, 1.82) is 0 Å². The maximum atomic E-state index is 14.6. The zero-order valence-corrected chi connectivity index (χ0v) is 23.1. The van der Waals surface area contributed by atoms with Crippen molar-refractivity contribution in [2.45, 2.75) is 50.8 Å². The van der Waals surface area contributed by atoms with Crippen LogP contribution in [-0.2, 0) is 22.1 Å². The van der Waals surface area contributed by atoms with Crippen molar-refractivity contribution in [2.24, 2.45) is 0 Å². The van der Waals surface area contributed by atoms with Crippen LogP contribution in [0.5, 0.6) is 11.5 Å². The highest BCUT2D eigenvalue weighted by Crippen LogP contribution is 2.35. The van der Waals surface area contributed by atoms with Crippen LogP contribution in [0.15, 0.2) is 66.7 Å². The number of hydrogen-bond donors (Lipinski definition) is 2. The van der Waals surface area contributed by atoms with Gasteiger partial charge < -0.3 is 25.7 Å². The van der Waals surface area contributed by atoms with E-state index in [-0.39, 0.29) is 31.1 Å². The highest BCUT2D eigenvalue weighted by atomic mass is 19.4. The summed E-state index contributed by atoms with van der Waals surface area (Å²) in [7, 11) is 0. The lowest BCUT2D eigenvalue weighted by Gasteiger charge is -2.19. The molecule has 0 spiro atoms. The molecule has 0 saturated heterocycles. The van der Waals surface area contributed by atoms with Gasteiger partial charge in [0.1, 0.15) is 22.9 Å². The van der Waals surface area contributed by atoms with Crippen LogP contribution in [0.1, 0.15) is 48.8 Å². The lowest BCUT2D eigenvalue weighted by Crippen LogP contribution is -2.23. The summed E-state index contributed by atoms with van der Waals surface area (Å²) in [5.74, 6) is -2.35. The molecule has 4 N–H and O–H groups in total. The second-order valence-corrected chi connectivity index (χ2v) is 9.67. The van der Waals surface area contributed by atoms with Gasteiger partial charge in [-0.25, -0.2) is 9.18 Å². The van der Waals surface area contributed by atoms with E-state index in [1.165, 1.54) is 36.4 Å². The van der Waals surface area contributed by atoms with Gasteiger partial charge in [0.05, 0.1) is 13.2 Å². The fourth-order valence-electron chi connectivity index (χ4n) is 3.95. The van der Waals surface area contributed by atoms with Crippen LogP contribution in [0.4, 0.5) is 37.7 Å². The van der Waals surface area contributed by atoms with E-state index < -0.39 is 36.1 Å². The predicted octanol–water partition coefficient (Wildman–Crippen LogP) is 7.81. The largest absolute Gasteiger partial charge is 0.493 e. The van der Waals surface area contributed by atoms with E-state index in [0.29, 0.717) is 29.4 Å². The van der Waals surface area contributed by atoms with E-state index in [0.717, 1.165) is 37.0 Å². The summed E-state index contributed by atoms with van der Waals surface area (Å²) >= 11 is 0. The molecule has 6 nitrogen and oxygen atoms in total. The molecular weight excluding hydrogens is 578 g/mol. The first-order valence-corrected chi connectivity index (χ1v) is 13.5. The number of halogens is 6. The summed E-state index contributed by atoms with van der Waals surface area (Å²) in [5, 5.41) is 0. The third-order valence-electron chi connectivity index (χ3n) is 6.17. The molecule has 0 saturated carbocycles. The molecule has 3 aromatic carbocycles. The van der Waals surface area contributed by atoms with Gasteiger partial charge in [0.15, 0.2) is 0 Å². The maximum Gasteiger partial charge on any atom is 0.429 e. The molecule has 0 unspecified atom stereocenters. The van der Waals surface area contributed by atoms with Crippen molar-refractivity contribution in [1.82, 2.24) is 0 Å². The van der Waals surface area contributed by atoms with E-state index in [9.17, 15) is 31.1 Å². The number of carbonyl (C=O) groups is 1. The van der Waals surface area contributed by atoms with E-state index in [2.05, 4.69) is 4.74 Å². The first-order valence-electron chi connectivity index (χ1n) is 13.5. The molecule has 232 valence electrons. The SMILES string of the molecule is Nc1ccc(CCCCCOC(=O)/C=C/c2ccc(OC(F)(F)c3ccc(OCCCC(F)(F)F)cc3F)cc2)c(N)c1. The van der Waals surface area contributed by atoms with Crippen molar-refractivity contribution in [3.8, 4) is 11.5 Å². The lowest BCUT2D eigenvalue weighted by atomic mass is 10.0. The minimum atomic E-state index is -4.35. The maximum absolute atomic E-state index is 14.6. The Labute approximate surface area is 245 Å². The number of anilines is 2. The molecule has 0 aliphatic heterocycles. The summed E-state index contributed by atoms with van der Waals surface area (Å²) in [6.07, 6.45) is -4.02. The van der Waals surface area contributed by atoms with Gasteiger partial charge in [-0.15, -0.1) is 0 Å². The van der Waals surface area contributed by atoms with Gasteiger partial charge in [-0.3, -0.25) is 0 Å². The van der Waals surface area contributed by atoms with Crippen LogP contribution < -0.4 is 20.9 Å². The summed E-state index contributed by atoms with van der Waals surface area (Å²) in [5.41, 5.74) is 13.3. The van der Waals surface area contributed by atoms with Gasteiger partial charge in [-0.1, -0.05) is 18.2 Å². The second-order valence-electron chi connectivity index (χ2n) is 9.67. The zero-order chi connectivity index (χ0) is 31.5. The van der Waals surface area contributed by atoms with Crippen molar-refractivity contribution >= 4 is 23.4 Å². The Balaban J connectivity index is 1.41. The van der Waals surface area contributed by atoms with Crippen molar-refractivity contribution in [2.75, 3.05) is 24.7 Å². The fraction of sp³-hybridized carbons (Fsp3) is 0.323. The number of carbonyl (C=O) groups excluding carboxylic acids is 1. The van der Waals surface area contributed by atoms with E-state index in [1.54, 1.807) is 12.1 Å². The van der Waals surface area contributed by atoms with Gasteiger partial charge in [0.2, 0.25) is 0 Å². The molecule has 3 rings (SSSR count). The second kappa shape index (κ2) is 15.2. The highest BCUT2D eigenvalue weighted by Gasteiger charge is 2.38. The molecular formula is C31H32F6N2O4. The molecule has 0 atom stereocenters. The monoisotopic (exact) mass is 610 g/mol. The van der Waals surface area contributed by atoms with Gasteiger partial charge >= 0.3 is 18.3 Å². The van der Waals surface area contributed by atoms with E-state index in [4.69, 9.17) is 20.9 Å². The van der Waals surface area contributed by atoms with E-state index >= 15 is 0 Å². The third kappa shape index (κ3) is 11.4. The first kappa shape index (κ1) is 33.2. The Hall–Kier alpha value is -4.35. The summed E-state index contributed by atoms with van der Waals surface area (Å²) in [6, 6.07) is 13.1. The summed E-state index contributed by atoms with van der Waals surface area (Å²) in [4.78, 5) is 12.0. The molecule has 3 aromatic rings. The molecule has 0 amide bonds. The molecule has 0 aliphatic carbocycles. The molecule has 12 heteroatoms. The summed E-state index contributed by atoms with van der Waals surface area (Å²) < 4.78 is 95.0. The quantitative estimate of drug-likeness (QED) is 0.0599. The number of unbranched alkanes of at least 4 members (excludes halogenated alkanes) is 2. The van der Waals surface area contributed by atoms with Crippen molar-refractivity contribution in [3.05, 3.63) is 89.2 Å². The Morgan fingerprint density at radius 3 is 2.21 bits per heavy atom. The predicted molar refractivity (Wildman–Crippen MR) is 151 cm³/mol. The average molecular weight is 611 g/mol. The number of rotatable bonds is 15. The number of nitrogens with two attached hydrogens (primary N) is 2. The van der Waals surface area contributed by atoms with Gasteiger partial charge in [-0.05, 0) is 85.7 Å². The van der Waals surface area contributed by atoms with Gasteiger partial charge in [0, 0.05) is 29.9 Å². The average Bonchev–Trinajstić information content (AvgIpc) is 2.93. The van der Waals surface area contributed by atoms with Gasteiger partial charge in [0.25, 0.3) is 0 Å². The number of alkyl halides is 5. The number of aryl methyl sites for hydroxylation is 1. The Morgan fingerprint density at radius 2 is 1.53 bits per heavy atom. The number of nitrogen functional groups attached to an aromatic ring is 2. The minimum absolute atomic E-state index is 0.186.